The van der Waals surface area contributed by atoms with E-state index in [1.54, 1.807) is 6.20 Å². The minimum absolute atomic E-state index is 0.0258. The van der Waals surface area contributed by atoms with Crippen molar-refractivity contribution in [1.29, 1.82) is 0 Å². The van der Waals surface area contributed by atoms with Crippen molar-refractivity contribution in [3.63, 3.8) is 0 Å². The van der Waals surface area contributed by atoms with Gasteiger partial charge in [-0.15, -0.1) is 0 Å². The molecular formula is C27H34N4O5. The number of rotatable bonds is 4. The first-order valence-corrected chi connectivity index (χ1v) is 12.9. The molecule has 3 saturated heterocycles. The summed E-state index contributed by atoms with van der Waals surface area (Å²) in [5.41, 5.74) is 3.74. The first-order chi connectivity index (χ1) is 17.5. The second kappa shape index (κ2) is 9.97. The van der Waals surface area contributed by atoms with Gasteiger partial charge in [0.1, 0.15) is 11.9 Å². The lowest BCUT2D eigenvalue weighted by atomic mass is 10.0. The van der Waals surface area contributed by atoms with Crippen molar-refractivity contribution in [1.82, 2.24) is 4.98 Å². The van der Waals surface area contributed by atoms with Crippen LogP contribution in [0, 0.1) is 0 Å². The molecule has 3 fully saturated rings. The maximum Gasteiger partial charge on any atom is 0.256 e. The fourth-order valence-electron chi connectivity index (χ4n) is 5.54. The van der Waals surface area contributed by atoms with Gasteiger partial charge in [0.05, 0.1) is 62.2 Å². The Kier molecular flexibility index (Phi) is 6.55. The summed E-state index contributed by atoms with van der Waals surface area (Å²) < 4.78 is 23.7. The van der Waals surface area contributed by atoms with Crippen LogP contribution >= 0.6 is 0 Å². The Morgan fingerprint density at radius 1 is 1.14 bits per heavy atom. The summed E-state index contributed by atoms with van der Waals surface area (Å²) in [5, 5.41) is 3.46. The van der Waals surface area contributed by atoms with Crippen LogP contribution in [0.1, 0.15) is 32.3 Å². The topological polar surface area (TPSA) is 85.4 Å². The minimum Gasteiger partial charge on any atom is -0.376 e. The highest BCUT2D eigenvalue weighted by Crippen LogP contribution is 2.39. The van der Waals surface area contributed by atoms with Gasteiger partial charge in [-0.2, -0.15) is 0 Å². The molecule has 1 aromatic heterocycles. The van der Waals surface area contributed by atoms with Gasteiger partial charge in [0.25, 0.3) is 5.91 Å². The molecule has 4 aliphatic rings. The highest BCUT2D eigenvalue weighted by atomic mass is 16.6. The lowest BCUT2D eigenvalue weighted by Gasteiger charge is -2.42. The zero-order valence-corrected chi connectivity index (χ0v) is 20.9. The van der Waals surface area contributed by atoms with Crippen LogP contribution in [-0.4, -0.2) is 74.3 Å². The predicted molar refractivity (Wildman–Crippen MR) is 136 cm³/mol. The highest BCUT2D eigenvalue weighted by Gasteiger charge is 2.36. The summed E-state index contributed by atoms with van der Waals surface area (Å²) in [7, 11) is 0. The van der Waals surface area contributed by atoms with Crippen LogP contribution in [0.2, 0.25) is 0 Å². The quantitative estimate of drug-likeness (QED) is 0.694. The summed E-state index contributed by atoms with van der Waals surface area (Å²) in [5.74, 6) is 0.747. The molecule has 9 heteroatoms. The maximum atomic E-state index is 13.9. The van der Waals surface area contributed by atoms with E-state index in [0.29, 0.717) is 32.8 Å². The number of amides is 1. The highest BCUT2D eigenvalue weighted by molar-refractivity contribution is 6.01. The summed E-state index contributed by atoms with van der Waals surface area (Å²) in [4.78, 5) is 22.6. The number of hydrogen-bond acceptors (Lipinski definition) is 8. The molecule has 0 spiro atoms. The number of ether oxygens (including phenoxy) is 4. The molecule has 4 aliphatic heterocycles. The summed E-state index contributed by atoms with van der Waals surface area (Å²) in [6.07, 6.45) is 3.04. The Labute approximate surface area is 211 Å². The van der Waals surface area contributed by atoms with E-state index >= 15 is 0 Å². The first-order valence-electron chi connectivity index (χ1n) is 12.9. The molecule has 0 aliphatic carbocycles. The van der Waals surface area contributed by atoms with Crippen molar-refractivity contribution in [2.24, 2.45) is 0 Å². The fraction of sp³-hybridized carbons (Fsp3) is 0.556. The number of carbonyl (C=O) groups is 1. The zero-order chi connectivity index (χ0) is 24.6. The molecular weight excluding hydrogens is 460 g/mol. The van der Waals surface area contributed by atoms with Crippen LogP contribution in [0.3, 0.4) is 0 Å². The second-order valence-corrected chi connectivity index (χ2v) is 10.3. The molecule has 2 bridgehead atoms. The van der Waals surface area contributed by atoms with Gasteiger partial charge in [0.15, 0.2) is 0 Å². The lowest BCUT2D eigenvalue weighted by molar-refractivity contribution is -0.144. The molecule has 1 aromatic carbocycles. The first kappa shape index (κ1) is 23.7. The van der Waals surface area contributed by atoms with Gasteiger partial charge in [0.2, 0.25) is 0 Å². The van der Waals surface area contributed by atoms with E-state index in [0.717, 1.165) is 48.0 Å². The SMILES string of the molecule is CC(C)O[C@H]1CC[C@H](C(=O)N2Cc3cccnc3Nc3ccc(N4CC5COCC(C4)O5)cc32)OC1. The third-order valence-electron chi connectivity index (χ3n) is 7.19. The van der Waals surface area contributed by atoms with Gasteiger partial charge in [-0.05, 0) is 51.0 Å². The number of hydrogen-bond donors (Lipinski definition) is 1. The van der Waals surface area contributed by atoms with E-state index in [-0.39, 0.29) is 30.3 Å². The van der Waals surface area contributed by atoms with Crippen LogP contribution in [0.4, 0.5) is 22.9 Å². The van der Waals surface area contributed by atoms with Crippen LogP contribution in [0.25, 0.3) is 0 Å². The summed E-state index contributed by atoms with van der Waals surface area (Å²) in [6, 6.07) is 10.2. The third-order valence-corrected chi connectivity index (χ3v) is 7.19. The molecule has 9 nitrogen and oxygen atoms in total. The Bertz CT molecular complexity index is 1090. The number of nitrogens with one attached hydrogen (secondary N) is 1. The van der Waals surface area contributed by atoms with Crippen molar-refractivity contribution in [3.8, 4) is 0 Å². The van der Waals surface area contributed by atoms with Crippen molar-refractivity contribution in [3.05, 3.63) is 42.1 Å². The van der Waals surface area contributed by atoms with Crippen LogP contribution in [-0.2, 0) is 30.3 Å². The number of carbonyl (C=O) groups excluding carboxylic acids is 1. The van der Waals surface area contributed by atoms with Crippen LogP contribution < -0.4 is 15.1 Å². The van der Waals surface area contributed by atoms with E-state index in [9.17, 15) is 4.79 Å². The smallest absolute Gasteiger partial charge is 0.256 e. The average Bonchev–Trinajstić information content (AvgIpc) is 3.04. The Balaban J connectivity index is 1.29. The summed E-state index contributed by atoms with van der Waals surface area (Å²) in [6.45, 7) is 7.68. The van der Waals surface area contributed by atoms with Crippen LogP contribution in [0.15, 0.2) is 36.5 Å². The molecule has 5 heterocycles. The number of nitrogens with zero attached hydrogens (tertiary/aromatic N) is 3. The molecule has 2 unspecified atom stereocenters. The van der Waals surface area contributed by atoms with Gasteiger partial charge in [-0.1, -0.05) is 6.07 Å². The number of aromatic nitrogens is 1. The van der Waals surface area contributed by atoms with E-state index < -0.39 is 6.10 Å². The van der Waals surface area contributed by atoms with Gasteiger partial charge < -0.3 is 34.1 Å². The number of anilines is 4. The van der Waals surface area contributed by atoms with Crippen molar-refractivity contribution < 1.29 is 23.7 Å². The molecule has 0 saturated carbocycles. The van der Waals surface area contributed by atoms with E-state index in [1.807, 2.05) is 36.9 Å². The number of benzene rings is 1. The van der Waals surface area contributed by atoms with Gasteiger partial charge in [-0.3, -0.25) is 4.79 Å². The van der Waals surface area contributed by atoms with Crippen molar-refractivity contribution >= 4 is 28.8 Å². The molecule has 4 atom stereocenters. The van der Waals surface area contributed by atoms with E-state index in [4.69, 9.17) is 18.9 Å². The zero-order valence-electron chi connectivity index (χ0n) is 20.9. The van der Waals surface area contributed by atoms with E-state index in [2.05, 4.69) is 27.3 Å². The molecule has 6 rings (SSSR count). The number of pyridine rings is 1. The molecule has 1 amide bonds. The largest absolute Gasteiger partial charge is 0.376 e. The third kappa shape index (κ3) is 4.80. The standard InChI is InChI=1S/C27H34N4O5/c1-17(2)35-20-6-8-25(34-16-20)27(32)31-11-18-4-3-9-28-26(18)29-23-7-5-19(10-24(23)31)30-12-21-14-33-15-22(13-30)36-21/h3-5,7,9-10,17,20-22,25H,6,8,11-16H2,1-2H3,(H,28,29)/t20-,21?,22?,25+/m0/s1. The Hall–Kier alpha value is -2.72. The Morgan fingerprint density at radius 3 is 2.72 bits per heavy atom. The monoisotopic (exact) mass is 494 g/mol. The molecule has 2 aromatic rings. The number of morpholine rings is 1. The normalized spacial score (nSPS) is 27.6. The molecule has 36 heavy (non-hydrogen) atoms. The Morgan fingerprint density at radius 2 is 1.97 bits per heavy atom. The lowest BCUT2D eigenvalue weighted by Crippen LogP contribution is -2.54. The van der Waals surface area contributed by atoms with Gasteiger partial charge >= 0.3 is 0 Å². The van der Waals surface area contributed by atoms with Crippen molar-refractivity contribution in [2.75, 3.05) is 48.0 Å². The molecule has 192 valence electrons. The maximum absolute atomic E-state index is 13.9. The predicted octanol–water partition coefficient (Wildman–Crippen LogP) is 3.25. The van der Waals surface area contributed by atoms with Crippen LogP contribution in [0.5, 0.6) is 0 Å². The second-order valence-electron chi connectivity index (χ2n) is 10.3. The van der Waals surface area contributed by atoms with E-state index in [1.165, 1.54) is 0 Å². The van der Waals surface area contributed by atoms with Crippen molar-refractivity contribution in [2.45, 2.75) is 63.8 Å². The summed E-state index contributed by atoms with van der Waals surface area (Å²) >= 11 is 0. The minimum atomic E-state index is -0.494. The average molecular weight is 495 g/mol. The number of fused-ring (bicyclic) bond motifs is 4. The molecule has 1 N–H and O–H groups in total. The van der Waals surface area contributed by atoms with Gasteiger partial charge in [-0.25, -0.2) is 4.98 Å². The molecule has 0 radical (unpaired) electrons. The van der Waals surface area contributed by atoms with Gasteiger partial charge in [0, 0.05) is 30.5 Å². The fourth-order valence-corrected chi connectivity index (χ4v) is 5.54.